The SMILES string of the molecule is CCCN(CC(=O)Nc1cc(C2CC2)nn1-c1ccccc1)C1CC(=O)N(C)C1=O. The zero-order valence-electron chi connectivity index (χ0n) is 17.4. The minimum Gasteiger partial charge on any atom is -0.309 e. The van der Waals surface area contributed by atoms with Crippen LogP contribution in [0.1, 0.15) is 44.2 Å². The zero-order chi connectivity index (χ0) is 21.3. The fourth-order valence-corrected chi connectivity index (χ4v) is 3.85. The third-order valence-electron chi connectivity index (χ3n) is 5.65. The molecule has 0 spiro atoms. The molecule has 1 atom stereocenters. The van der Waals surface area contributed by atoms with Crippen LogP contribution in [0.5, 0.6) is 0 Å². The maximum atomic E-state index is 12.9. The lowest BCUT2D eigenvalue weighted by Crippen LogP contribution is -2.45. The molecular weight excluding hydrogens is 382 g/mol. The first kappa shape index (κ1) is 20.3. The van der Waals surface area contributed by atoms with Crippen LogP contribution in [-0.4, -0.2) is 63.5 Å². The van der Waals surface area contributed by atoms with Crippen LogP contribution in [-0.2, 0) is 14.4 Å². The Labute approximate surface area is 175 Å². The second kappa shape index (κ2) is 8.39. The van der Waals surface area contributed by atoms with E-state index in [1.165, 1.54) is 7.05 Å². The number of rotatable bonds is 8. The van der Waals surface area contributed by atoms with Crippen molar-refractivity contribution in [3.63, 3.8) is 0 Å². The molecule has 1 aliphatic carbocycles. The first-order valence-corrected chi connectivity index (χ1v) is 10.5. The normalized spacial score (nSPS) is 19.0. The number of carbonyl (C=O) groups excluding carboxylic acids is 3. The summed E-state index contributed by atoms with van der Waals surface area (Å²) in [5.74, 6) is 0.405. The van der Waals surface area contributed by atoms with E-state index in [1.807, 2.05) is 43.3 Å². The van der Waals surface area contributed by atoms with E-state index < -0.39 is 6.04 Å². The van der Waals surface area contributed by atoms with Gasteiger partial charge in [-0.1, -0.05) is 25.1 Å². The summed E-state index contributed by atoms with van der Waals surface area (Å²) in [4.78, 5) is 40.2. The van der Waals surface area contributed by atoms with Crippen LogP contribution in [0.25, 0.3) is 5.69 Å². The van der Waals surface area contributed by atoms with E-state index in [4.69, 9.17) is 5.10 Å². The van der Waals surface area contributed by atoms with E-state index in [-0.39, 0.29) is 30.7 Å². The largest absolute Gasteiger partial charge is 0.309 e. The van der Waals surface area contributed by atoms with Crippen LogP contribution in [0.15, 0.2) is 36.4 Å². The second-order valence-electron chi connectivity index (χ2n) is 8.01. The van der Waals surface area contributed by atoms with Crippen LogP contribution >= 0.6 is 0 Å². The highest BCUT2D eigenvalue weighted by atomic mass is 16.2. The molecule has 1 aromatic heterocycles. The Morgan fingerprint density at radius 3 is 2.57 bits per heavy atom. The van der Waals surface area contributed by atoms with Crippen LogP contribution in [0.4, 0.5) is 5.82 Å². The molecule has 0 radical (unpaired) electrons. The van der Waals surface area contributed by atoms with Gasteiger partial charge in [-0.05, 0) is 37.9 Å². The highest BCUT2D eigenvalue weighted by Crippen LogP contribution is 2.40. The van der Waals surface area contributed by atoms with Crippen LogP contribution in [0.3, 0.4) is 0 Å². The predicted molar refractivity (Wildman–Crippen MR) is 112 cm³/mol. The highest BCUT2D eigenvalue weighted by Gasteiger charge is 2.40. The molecule has 8 nitrogen and oxygen atoms in total. The summed E-state index contributed by atoms with van der Waals surface area (Å²) < 4.78 is 1.76. The minimum atomic E-state index is -0.575. The summed E-state index contributed by atoms with van der Waals surface area (Å²) in [7, 11) is 1.49. The van der Waals surface area contributed by atoms with Gasteiger partial charge < -0.3 is 5.32 Å². The van der Waals surface area contributed by atoms with Gasteiger partial charge in [-0.15, -0.1) is 0 Å². The van der Waals surface area contributed by atoms with Crippen molar-refractivity contribution in [3.05, 3.63) is 42.1 Å². The Morgan fingerprint density at radius 2 is 1.97 bits per heavy atom. The van der Waals surface area contributed by atoms with Gasteiger partial charge in [-0.2, -0.15) is 5.10 Å². The van der Waals surface area contributed by atoms with Crippen LogP contribution in [0, 0.1) is 0 Å². The zero-order valence-corrected chi connectivity index (χ0v) is 17.4. The van der Waals surface area contributed by atoms with Crippen molar-refractivity contribution in [1.82, 2.24) is 19.6 Å². The standard InChI is InChI=1S/C22H27N5O3/c1-3-11-26(18-13-21(29)25(2)22(18)30)14-20(28)23-19-12-17(15-9-10-15)24-27(19)16-7-5-4-6-8-16/h4-8,12,15,18H,3,9-11,13-14H2,1-2H3,(H,23,28). The van der Waals surface area contributed by atoms with Gasteiger partial charge >= 0.3 is 0 Å². The van der Waals surface area contributed by atoms with Crippen molar-refractivity contribution in [2.75, 3.05) is 25.5 Å². The molecule has 0 bridgehead atoms. The molecular formula is C22H27N5O3. The molecule has 30 heavy (non-hydrogen) atoms. The van der Waals surface area contributed by atoms with E-state index >= 15 is 0 Å². The minimum absolute atomic E-state index is 0.0457. The average molecular weight is 409 g/mol. The lowest BCUT2D eigenvalue weighted by atomic mass is 10.2. The second-order valence-corrected chi connectivity index (χ2v) is 8.01. The van der Waals surface area contributed by atoms with Gasteiger partial charge in [0.1, 0.15) is 5.82 Å². The summed E-state index contributed by atoms with van der Waals surface area (Å²) in [6, 6.07) is 11.1. The molecule has 4 rings (SSSR count). The van der Waals surface area contributed by atoms with Crippen molar-refractivity contribution < 1.29 is 14.4 Å². The first-order valence-electron chi connectivity index (χ1n) is 10.5. The number of likely N-dealkylation sites (tertiary alicyclic amines) is 1. The fraction of sp³-hybridized carbons (Fsp3) is 0.455. The topological polar surface area (TPSA) is 87.5 Å². The van der Waals surface area contributed by atoms with E-state index in [1.54, 1.807) is 9.58 Å². The van der Waals surface area contributed by atoms with E-state index in [9.17, 15) is 14.4 Å². The molecule has 1 unspecified atom stereocenters. The number of imide groups is 1. The summed E-state index contributed by atoms with van der Waals surface area (Å²) >= 11 is 0. The Morgan fingerprint density at radius 1 is 1.23 bits per heavy atom. The van der Waals surface area contributed by atoms with E-state index in [2.05, 4.69) is 5.32 Å². The monoisotopic (exact) mass is 409 g/mol. The summed E-state index contributed by atoms with van der Waals surface area (Å²) in [5.41, 5.74) is 1.86. The number of amides is 3. The summed E-state index contributed by atoms with van der Waals surface area (Å²) in [6.07, 6.45) is 3.14. The molecule has 1 N–H and O–H groups in total. The number of carbonyl (C=O) groups is 3. The van der Waals surface area contributed by atoms with Crippen molar-refractivity contribution in [1.29, 1.82) is 0 Å². The van der Waals surface area contributed by atoms with Gasteiger partial charge in [0.25, 0.3) is 0 Å². The smallest absolute Gasteiger partial charge is 0.246 e. The quantitative estimate of drug-likeness (QED) is 0.675. The van der Waals surface area contributed by atoms with Gasteiger partial charge in [-0.25, -0.2) is 4.68 Å². The average Bonchev–Trinajstić information content (AvgIpc) is 3.46. The van der Waals surface area contributed by atoms with Gasteiger partial charge in [0, 0.05) is 19.0 Å². The van der Waals surface area contributed by atoms with Crippen molar-refractivity contribution in [2.45, 2.75) is 44.6 Å². The van der Waals surface area contributed by atoms with E-state index in [0.29, 0.717) is 18.3 Å². The molecule has 8 heteroatoms. The third-order valence-corrected chi connectivity index (χ3v) is 5.65. The number of likely N-dealkylation sites (N-methyl/N-ethyl adjacent to an activating group) is 1. The number of benzene rings is 1. The van der Waals surface area contributed by atoms with Crippen molar-refractivity contribution >= 4 is 23.5 Å². The fourth-order valence-electron chi connectivity index (χ4n) is 3.85. The van der Waals surface area contributed by atoms with Crippen molar-refractivity contribution in [2.24, 2.45) is 0 Å². The molecule has 3 amide bonds. The third kappa shape index (κ3) is 4.14. The van der Waals surface area contributed by atoms with Crippen LogP contribution in [0.2, 0.25) is 0 Å². The molecule has 158 valence electrons. The lowest BCUT2D eigenvalue weighted by molar-refractivity contribution is -0.138. The lowest BCUT2D eigenvalue weighted by Gasteiger charge is -2.25. The number of nitrogens with one attached hydrogen (secondary N) is 1. The maximum Gasteiger partial charge on any atom is 0.246 e. The predicted octanol–water partition coefficient (Wildman–Crippen LogP) is 2.16. The number of nitrogens with zero attached hydrogens (tertiary/aromatic N) is 4. The van der Waals surface area contributed by atoms with Crippen molar-refractivity contribution in [3.8, 4) is 5.69 Å². The van der Waals surface area contributed by atoms with E-state index in [0.717, 1.165) is 35.5 Å². The highest BCUT2D eigenvalue weighted by molar-refractivity contribution is 6.05. The van der Waals surface area contributed by atoms with Gasteiger partial charge in [0.05, 0.1) is 30.4 Å². The number of aromatic nitrogens is 2. The Kier molecular flexibility index (Phi) is 5.67. The number of para-hydroxylation sites is 1. The molecule has 2 heterocycles. The summed E-state index contributed by atoms with van der Waals surface area (Å²) in [6.45, 7) is 2.60. The van der Waals surface area contributed by atoms with Gasteiger partial charge in [0.15, 0.2) is 0 Å². The summed E-state index contributed by atoms with van der Waals surface area (Å²) in [5, 5.41) is 7.67. The van der Waals surface area contributed by atoms with Gasteiger partial charge in [0.2, 0.25) is 17.7 Å². The van der Waals surface area contributed by atoms with Crippen LogP contribution < -0.4 is 5.32 Å². The molecule has 1 aromatic carbocycles. The number of anilines is 1. The molecule has 2 fully saturated rings. The Bertz CT molecular complexity index is 951. The molecule has 2 aromatic rings. The Balaban J connectivity index is 1.51. The molecule has 2 aliphatic rings. The number of hydrogen-bond donors (Lipinski definition) is 1. The Hall–Kier alpha value is -3.00. The first-order chi connectivity index (χ1) is 14.5. The maximum absolute atomic E-state index is 12.9. The molecule has 1 aliphatic heterocycles. The number of hydrogen-bond acceptors (Lipinski definition) is 5. The molecule has 1 saturated carbocycles. The molecule has 1 saturated heterocycles. The van der Waals surface area contributed by atoms with Gasteiger partial charge in [-0.3, -0.25) is 24.2 Å².